The number of anilines is 1. The summed E-state index contributed by atoms with van der Waals surface area (Å²) in [7, 11) is 0. The number of fused-ring (bicyclic) bond motifs is 1. The van der Waals surface area contributed by atoms with Crippen molar-refractivity contribution in [3.05, 3.63) is 44.4 Å². The van der Waals surface area contributed by atoms with Gasteiger partial charge in [0.2, 0.25) is 0 Å². The van der Waals surface area contributed by atoms with E-state index in [2.05, 4.69) is 51.4 Å². The van der Waals surface area contributed by atoms with Crippen LogP contribution in [0.5, 0.6) is 0 Å². The predicted octanol–water partition coefficient (Wildman–Crippen LogP) is 5.45. The lowest BCUT2D eigenvalue weighted by Gasteiger charge is -2.03. The molecule has 3 aromatic rings. The maximum atomic E-state index is 5.79. The minimum atomic E-state index is 0.556. The number of rotatable bonds is 4. The maximum absolute atomic E-state index is 5.79. The molecule has 0 spiro atoms. The number of aromatic nitrogens is 1. The summed E-state index contributed by atoms with van der Waals surface area (Å²) in [5, 5.41) is 3.46. The van der Waals surface area contributed by atoms with Gasteiger partial charge >= 0.3 is 0 Å². The lowest BCUT2D eigenvalue weighted by Crippen LogP contribution is -1.96. The summed E-state index contributed by atoms with van der Waals surface area (Å²) in [5.74, 6) is 1.46. The fourth-order valence-electron chi connectivity index (χ4n) is 2.35. The number of benzene rings is 1. The van der Waals surface area contributed by atoms with Crippen LogP contribution < -0.4 is 5.32 Å². The van der Waals surface area contributed by atoms with Crippen molar-refractivity contribution in [3.8, 4) is 0 Å². The lowest BCUT2D eigenvalue weighted by molar-refractivity contribution is 0.533. The number of nitrogens with zero attached hydrogens (tertiary/aromatic N) is 1. The van der Waals surface area contributed by atoms with E-state index in [0.717, 1.165) is 29.2 Å². The highest BCUT2D eigenvalue weighted by Gasteiger charge is 2.28. The van der Waals surface area contributed by atoms with Crippen LogP contribution in [0.4, 0.5) is 5.69 Å². The van der Waals surface area contributed by atoms with E-state index in [1.807, 2.05) is 17.4 Å². The summed E-state index contributed by atoms with van der Waals surface area (Å²) >= 11 is 5.37. The molecular weight excluding hydrogens is 348 g/mol. The fourth-order valence-corrected chi connectivity index (χ4v) is 3.90. The molecule has 21 heavy (non-hydrogen) atoms. The summed E-state index contributed by atoms with van der Waals surface area (Å²) in [6.07, 6.45) is 2.43. The van der Waals surface area contributed by atoms with Gasteiger partial charge in [-0.25, -0.2) is 4.98 Å². The number of thiophene rings is 1. The van der Waals surface area contributed by atoms with Crippen molar-refractivity contribution >= 4 is 44.1 Å². The molecule has 3 nitrogen and oxygen atoms in total. The molecule has 0 amide bonds. The van der Waals surface area contributed by atoms with E-state index in [-0.39, 0.29) is 0 Å². The quantitative estimate of drug-likeness (QED) is 0.670. The minimum absolute atomic E-state index is 0.556. The second kappa shape index (κ2) is 5.14. The van der Waals surface area contributed by atoms with E-state index < -0.39 is 0 Å². The molecule has 2 heterocycles. The van der Waals surface area contributed by atoms with Crippen LogP contribution in [0.15, 0.2) is 33.2 Å². The van der Waals surface area contributed by atoms with Crippen molar-refractivity contribution in [1.82, 2.24) is 4.98 Å². The first kappa shape index (κ1) is 13.3. The number of aryl methyl sites for hydroxylation is 1. The first-order chi connectivity index (χ1) is 10.2. The third-order valence-corrected chi connectivity index (χ3v) is 5.84. The second-order valence-electron chi connectivity index (χ2n) is 5.48. The molecule has 1 fully saturated rings. The van der Waals surface area contributed by atoms with Gasteiger partial charge in [-0.05, 0) is 60.0 Å². The van der Waals surface area contributed by atoms with E-state index in [1.165, 1.54) is 27.1 Å². The minimum Gasteiger partial charge on any atom is -0.440 e. The molecule has 0 atom stereocenters. The number of hydrogen-bond donors (Lipinski definition) is 1. The normalized spacial score (nSPS) is 14.8. The molecule has 1 saturated carbocycles. The van der Waals surface area contributed by atoms with Crippen LogP contribution in [-0.4, -0.2) is 4.98 Å². The van der Waals surface area contributed by atoms with Crippen LogP contribution in [0.2, 0.25) is 0 Å². The van der Waals surface area contributed by atoms with Crippen LogP contribution in [0.1, 0.15) is 34.4 Å². The van der Waals surface area contributed by atoms with Gasteiger partial charge in [0.1, 0.15) is 5.52 Å². The molecule has 1 N–H and O–H groups in total. The average molecular weight is 363 g/mol. The zero-order valence-electron chi connectivity index (χ0n) is 11.6. The summed E-state index contributed by atoms with van der Waals surface area (Å²) in [5.41, 5.74) is 2.92. The zero-order valence-corrected chi connectivity index (χ0v) is 14.1. The molecule has 2 aromatic heterocycles. The van der Waals surface area contributed by atoms with Crippen molar-refractivity contribution in [2.24, 2.45) is 0 Å². The third-order valence-electron chi connectivity index (χ3n) is 3.71. The molecule has 4 rings (SSSR count). The van der Waals surface area contributed by atoms with Gasteiger partial charge in [-0.15, -0.1) is 11.3 Å². The van der Waals surface area contributed by atoms with Gasteiger partial charge in [0.25, 0.3) is 0 Å². The van der Waals surface area contributed by atoms with Crippen molar-refractivity contribution in [3.63, 3.8) is 0 Å². The Morgan fingerprint density at radius 2 is 2.24 bits per heavy atom. The van der Waals surface area contributed by atoms with Gasteiger partial charge in [0.15, 0.2) is 11.5 Å². The molecule has 1 aliphatic rings. The summed E-state index contributed by atoms with van der Waals surface area (Å²) in [6.45, 7) is 2.95. The third kappa shape index (κ3) is 2.72. The summed E-state index contributed by atoms with van der Waals surface area (Å²) < 4.78 is 6.97. The Morgan fingerprint density at radius 3 is 2.95 bits per heavy atom. The molecule has 0 saturated heterocycles. The van der Waals surface area contributed by atoms with Crippen LogP contribution in [-0.2, 0) is 6.54 Å². The topological polar surface area (TPSA) is 38.1 Å². The van der Waals surface area contributed by atoms with E-state index in [4.69, 9.17) is 4.42 Å². The molecule has 1 aliphatic carbocycles. The molecule has 108 valence electrons. The van der Waals surface area contributed by atoms with Crippen LogP contribution >= 0.6 is 27.3 Å². The Labute approximate surface area is 135 Å². The van der Waals surface area contributed by atoms with Crippen molar-refractivity contribution < 1.29 is 4.42 Å². The Kier molecular flexibility index (Phi) is 3.27. The average Bonchev–Trinajstić information content (AvgIpc) is 3.16. The first-order valence-corrected chi connectivity index (χ1v) is 8.69. The van der Waals surface area contributed by atoms with Crippen molar-refractivity contribution in [2.45, 2.75) is 32.2 Å². The van der Waals surface area contributed by atoms with E-state index in [0.29, 0.717) is 5.92 Å². The van der Waals surface area contributed by atoms with Gasteiger partial charge in [-0.3, -0.25) is 0 Å². The number of halogens is 1. The maximum Gasteiger partial charge on any atom is 0.198 e. The monoisotopic (exact) mass is 362 g/mol. The van der Waals surface area contributed by atoms with E-state index in [1.54, 1.807) is 0 Å². The van der Waals surface area contributed by atoms with Crippen molar-refractivity contribution in [1.29, 1.82) is 0 Å². The number of nitrogens with one attached hydrogen (secondary N) is 1. The van der Waals surface area contributed by atoms with Crippen molar-refractivity contribution in [2.75, 3.05) is 5.32 Å². The van der Waals surface area contributed by atoms with Crippen LogP contribution in [0.3, 0.4) is 0 Å². The summed E-state index contributed by atoms with van der Waals surface area (Å²) in [6, 6.07) is 8.30. The highest BCUT2D eigenvalue weighted by atomic mass is 79.9. The van der Waals surface area contributed by atoms with Gasteiger partial charge in [-0.2, -0.15) is 0 Å². The SMILES string of the molecule is Cc1sc(CNc2ccc3oc(C4CC4)nc3c2)cc1Br. The Balaban J connectivity index is 1.53. The predicted molar refractivity (Wildman–Crippen MR) is 90.1 cm³/mol. The zero-order chi connectivity index (χ0) is 14.4. The van der Waals surface area contributed by atoms with Gasteiger partial charge < -0.3 is 9.73 Å². The Bertz CT molecular complexity index is 784. The lowest BCUT2D eigenvalue weighted by atomic mass is 10.3. The molecule has 0 bridgehead atoms. The second-order valence-corrected chi connectivity index (χ2v) is 7.67. The molecular formula is C16H15BrN2OS. The highest BCUT2D eigenvalue weighted by molar-refractivity contribution is 9.10. The van der Waals surface area contributed by atoms with Gasteiger partial charge in [0, 0.05) is 32.4 Å². The molecule has 0 radical (unpaired) electrons. The smallest absolute Gasteiger partial charge is 0.198 e. The molecule has 5 heteroatoms. The number of hydrogen-bond acceptors (Lipinski definition) is 4. The van der Waals surface area contributed by atoms with Gasteiger partial charge in [-0.1, -0.05) is 0 Å². The highest BCUT2D eigenvalue weighted by Crippen LogP contribution is 2.40. The van der Waals surface area contributed by atoms with Crippen LogP contribution in [0, 0.1) is 6.92 Å². The Morgan fingerprint density at radius 1 is 1.38 bits per heavy atom. The Hall–Kier alpha value is -1.33. The summed E-state index contributed by atoms with van der Waals surface area (Å²) in [4.78, 5) is 7.23. The number of oxazole rings is 1. The standard InChI is InChI=1S/C16H15BrN2OS/c1-9-13(17)7-12(21-9)8-18-11-4-5-15-14(6-11)19-16(20-15)10-2-3-10/h4-7,10,18H,2-3,8H2,1H3. The largest absolute Gasteiger partial charge is 0.440 e. The fraction of sp³-hybridized carbons (Fsp3) is 0.312. The van der Waals surface area contributed by atoms with Crippen LogP contribution in [0.25, 0.3) is 11.1 Å². The van der Waals surface area contributed by atoms with E-state index in [9.17, 15) is 0 Å². The molecule has 0 unspecified atom stereocenters. The van der Waals surface area contributed by atoms with E-state index >= 15 is 0 Å². The molecule has 0 aliphatic heterocycles. The first-order valence-electron chi connectivity index (χ1n) is 7.08. The molecule has 1 aromatic carbocycles. The van der Waals surface area contributed by atoms with Gasteiger partial charge in [0.05, 0.1) is 0 Å².